The molecular formula is C27H24O4. The second-order valence-electron chi connectivity index (χ2n) is 6.90. The number of rotatable bonds is 9. The molecule has 0 spiro atoms. The van der Waals surface area contributed by atoms with E-state index in [1.54, 1.807) is 12.1 Å². The van der Waals surface area contributed by atoms with Crippen molar-refractivity contribution >= 4 is 11.9 Å². The molecule has 0 radical (unpaired) electrons. The molecule has 0 aliphatic rings. The molecule has 0 fully saturated rings. The third-order valence-corrected chi connectivity index (χ3v) is 4.77. The summed E-state index contributed by atoms with van der Waals surface area (Å²) in [6, 6.07) is 24.1. The molecule has 4 heteroatoms. The molecule has 31 heavy (non-hydrogen) atoms. The van der Waals surface area contributed by atoms with E-state index in [1.165, 1.54) is 11.6 Å². The predicted molar refractivity (Wildman–Crippen MR) is 123 cm³/mol. The van der Waals surface area contributed by atoms with Crippen LogP contribution in [0, 0.1) is 0 Å². The number of carbonyl (C=O) groups excluding carboxylic acids is 2. The number of hydrogen-bond acceptors (Lipinski definition) is 4. The van der Waals surface area contributed by atoms with Crippen molar-refractivity contribution in [1.82, 2.24) is 0 Å². The zero-order chi connectivity index (χ0) is 22.1. The maximum absolute atomic E-state index is 11.3. The van der Waals surface area contributed by atoms with Crippen LogP contribution < -0.4 is 4.74 Å². The lowest BCUT2D eigenvalue weighted by molar-refractivity contribution is -0.137. The van der Waals surface area contributed by atoms with Crippen molar-refractivity contribution in [2.75, 3.05) is 6.61 Å². The monoisotopic (exact) mass is 412 g/mol. The summed E-state index contributed by atoms with van der Waals surface area (Å²) < 4.78 is 10.1. The number of carbonyl (C=O) groups is 2. The highest BCUT2D eigenvalue weighted by atomic mass is 16.5. The van der Waals surface area contributed by atoms with Crippen molar-refractivity contribution in [3.63, 3.8) is 0 Å². The first kappa shape index (κ1) is 21.8. The zero-order valence-electron chi connectivity index (χ0n) is 17.3. The topological polar surface area (TPSA) is 52.6 Å². The Hall–Kier alpha value is -3.92. The van der Waals surface area contributed by atoms with Crippen LogP contribution in [0.2, 0.25) is 0 Å². The Morgan fingerprint density at radius 2 is 1.13 bits per heavy atom. The Morgan fingerprint density at radius 3 is 1.61 bits per heavy atom. The summed E-state index contributed by atoms with van der Waals surface area (Å²) >= 11 is 0. The van der Waals surface area contributed by atoms with Crippen molar-refractivity contribution in [3.05, 3.63) is 104 Å². The Bertz CT molecular complexity index is 1050. The summed E-state index contributed by atoms with van der Waals surface area (Å²) in [7, 11) is 0. The summed E-state index contributed by atoms with van der Waals surface area (Å²) in [6.07, 6.45) is 3.94. The molecule has 0 aromatic heterocycles. The number of hydrogen-bond donors (Lipinski definition) is 0. The standard InChI is InChI=1S/C27H24O4/c1-3-26(28)30-19-5-6-20-7-9-21(10-8-20)22-11-13-23(14-12-22)24-15-17-25(18-16-24)31-27(29)4-2/h3-4,7-18H,1-2,5-6,19H2. The van der Waals surface area contributed by atoms with Gasteiger partial charge in [-0.3, -0.25) is 0 Å². The molecule has 0 atom stereocenters. The van der Waals surface area contributed by atoms with Crippen molar-refractivity contribution in [1.29, 1.82) is 0 Å². The van der Waals surface area contributed by atoms with Crippen LogP contribution in [0.3, 0.4) is 0 Å². The highest BCUT2D eigenvalue weighted by Crippen LogP contribution is 2.26. The average Bonchev–Trinajstić information content (AvgIpc) is 2.82. The summed E-state index contributed by atoms with van der Waals surface area (Å²) in [5, 5.41) is 0. The second kappa shape index (κ2) is 10.7. The van der Waals surface area contributed by atoms with Crippen LogP contribution in [0.5, 0.6) is 5.75 Å². The van der Waals surface area contributed by atoms with E-state index in [4.69, 9.17) is 9.47 Å². The Morgan fingerprint density at radius 1 is 0.677 bits per heavy atom. The largest absolute Gasteiger partial charge is 0.463 e. The molecule has 3 aromatic carbocycles. The third kappa shape index (κ3) is 6.28. The first-order valence-corrected chi connectivity index (χ1v) is 10.0. The molecule has 4 nitrogen and oxygen atoms in total. The van der Waals surface area contributed by atoms with Crippen LogP contribution in [0.4, 0.5) is 0 Å². The quantitative estimate of drug-likeness (QED) is 0.194. The highest BCUT2D eigenvalue weighted by Gasteiger charge is 2.04. The van der Waals surface area contributed by atoms with Crippen molar-refractivity contribution in [2.24, 2.45) is 0 Å². The number of ether oxygens (including phenoxy) is 2. The molecule has 0 amide bonds. The van der Waals surface area contributed by atoms with E-state index in [0.29, 0.717) is 12.4 Å². The van der Waals surface area contributed by atoms with Gasteiger partial charge in [-0.25, -0.2) is 9.59 Å². The SMILES string of the molecule is C=CC(=O)OCCCc1ccc(-c2ccc(-c3ccc(OC(=O)C=C)cc3)cc2)cc1. The molecule has 156 valence electrons. The van der Waals surface area contributed by atoms with Gasteiger partial charge < -0.3 is 9.47 Å². The van der Waals surface area contributed by atoms with E-state index in [0.717, 1.165) is 41.2 Å². The molecule has 0 saturated carbocycles. The van der Waals surface area contributed by atoms with Gasteiger partial charge in [0, 0.05) is 12.2 Å². The fourth-order valence-electron chi connectivity index (χ4n) is 3.10. The molecular weight excluding hydrogens is 388 g/mol. The number of aryl methyl sites for hydroxylation is 1. The van der Waals surface area contributed by atoms with E-state index in [9.17, 15) is 9.59 Å². The van der Waals surface area contributed by atoms with Gasteiger partial charge in [0.15, 0.2) is 0 Å². The number of esters is 2. The van der Waals surface area contributed by atoms with Gasteiger partial charge in [0.1, 0.15) is 5.75 Å². The van der Waals surface area contributed by atoms with E-state index < -0.39 is 5.97 Å². The van der Waals surface area contributed by atoms with Crippen LogP contribution in [0.25, 0.3) is 22.3 Å². The van der Waals surface area contributed by atoms with Crippen LogP contribution >= 0.6 is 0 Å². The Kier molecular flexibility index (Phi) is 7.55. The summed E-state index contributed by atoms with van der Waals surface area (Å²) in [4.78, 5) is 22.3. The van der Waals surface area contributed by atoms with Crippen molar-refractivity contribution in [2.45, 2.75) is 12.8 Å². The molecule has 0 heterocycles. The summed E-state index contributed by atoms with van der Waals surface area (Å²) in [5.74, 6) is -0.366. The maximum Gasteiger partial charge on any atom is 0.335 e. The molecule has 0 aliphatic heterocycles. The lowest BCUT2D eigenvalue weighted by Gasteiger charge is -2.08. The first-order chi connectivity index (χ1) is 15.1. The first-order valence-electron chi connectivity index (χ1n) is 10.0. The third-order valence-electron chi connectivity index (χ3n) is 4.77. The fraction of sp³-hybridized carbons (Fsp3) is 0.111. The molecule has 0 unspecified atom stereocenters. The maximum atomic E-state index is 11.3. The predicted octanol–water partition coefficient (Wildman–Crippen LogP) is 5.77. The van der Waals surface area contributed by atoms with Gasteiger partial charge in [-0.2, -0.15) is 0 Å². The highest BCUT2D eigenvalue weighted by molar-refractivity contribution is 5.83. The molecule has 0 aliphatic carbocycles. The van der Waals surface area contributed by atoms with E-state index >= 15 is 0 Å². The Labute approximate surface area is 182 Å². The fourth-order valence-corrected chi connectivity index (χ4v) is 3.10. The zero-order valence-corrected chi connectivity index (χ0v) is 17.3. The lowest BCUT2D eigenvalue weighted by atomic mass is 9.99. The van der Waals surface area contributed by atoms with Gasteiger partial charge in [0.25, 0.3) is 0 Å². The van der Waals surface area contributed by atoms with Crippen molar-refractivity contribution < 1.29 is 19.1 Å². The Balaban J connectivity index is 1.59. The van der Waals surface area contributed by atoms with Crippen LogP contribution in [-0.4, -0.2) is 18.5 Å². The normalized spacial score (nSPS) is 10.2. The van der Waals surface area contributed by atoms with Gasteiger partial charge in [-0.1, -0.05) is 73.8 Å². The average molecular weight is 412 g/mol. The molecule has 0 saturated heterocycles. The van der Waals surface area contributed by atoms with Crippen LogP contribution in [0.1, 0.15) is 12.0 Å². The second-order valence-corrected chi connectivity index (χ2v) is 6.90. The van der Waals surface area contributed by atoms with Gasteiger partial charge >= 0.3 is 11.9 Å². The lowest BCUT2D eigenvalue weighted by Crippen LogP contribution is -2.02. The van der Waals surface area contributed by atoms with Crippen molar-refractivity contribution in [3.8, 4) is 28.0 Å². The molecule has 0 bridgehead atoms. The molecule has 0 N–H and O–H groups in total. The smallest absolute Gasteiger partial charge is 0.335 e. The van der Waals surface area contributed by atoms with E-state index in [2.05, 4.69) is 61.7 Å². The minimum absolute atomic E-state index is 0.383. The van der Waals surface area contributed by atoms with Gasteiger partial charge in [0.05, 0.1) is 6.61 Å². The minimum Gasteiger partial charge on any atom is -0.463 e. The van der Waals surface area contributed by atoms with Crippen LogP contribution in [-0.2, 0) is 20.7 Å². The minimum atomic E-state index is -0.473. The van der Waals surface area contributed by atoms with Gasteiger partial charge in [0.2, 0.25) is 0 Å². The number of benzene rings is 3. The van der Waals surface area contributed by atoms with E-state index in [1.807, 2.05) is 12.1 Å². The van der Waals surface area contributed by atoms with Crippen LogP contribution in [0.15, 0.2) is 98.1 Å². The summed E-state index contributed by atoms with van der Waals surface area (Å²) in [5.41, 5.74) is 5.59. The van der Waals surface area contributed by atoms with Gasteiger partial charge in [-0.15, -0.1) is 0 Å². The molecule has 3 rings (SSSR count). The summed E-state index contributed by atoms with van der Waals surface area (Å²) in [6.45, 7) is 7.17. The van der Waals surface area contributed by atoms with Gasteiger partial charge in [-0.05, 0) is 52.8 Å². The molecule has 3 aromatic rings. The van der Waals surface area contributed by atoms with E-state index in [-0.39, 0.29) is 5.97 Å².